The largest absolute Gasteiger partial charge is 0.480 e. The van der Waals surface area contributed by atoms with Crippen LogP contribution in [0.2, 0.25) is 0 Å². The SMILES string of the molecule is C=CCCC[C@@H](NC(=O)[C@@H](OC)c1ccccc1)C(=O)O. The highest BCUT2D eigenvalue weighted by molar-refractivity contribution is 5.87. The summed E-state index contributed by atoms with van der Waals surface area (Å²) in [6.07, 6.45) is 2.64. The van der Waals surface area contributed by atoms with Gasteiger partial charge in [0.15, 0.2) is 6.10 Å². The van der Waals surface area contributed by atoms with E-state index < -0.39 is 24.0 Å². The zero-order chi connectivity index (χ0) is 15.7. The maximum atomic E-state index is 12.2. The summed E-state index contributed by atoms with van der Waals surface area (Å²) in [5, 5.41) is 11.7. The van der Waals surface area contributed by atoms with Gasteiger partial charge in [-0.3, -0.25) is 4.79 Å². The van der Waals surface area contributed by atoms with E-state index in [0.717, 1.165) is 0 Å². The van der Waals surface area contributed by atoms with Crippen LogP contribution in [0, 0.1) is 0 Å². The van der Waals surface area contributed by atoms with Crippen molar-refractivity contribution in [2.75, 3.05) is 7.11 Å². The van der Waals surface area contributed by atoms with Crippen LogP contribution in [0.4, 0.5) is 0 Å². The van der Waals surface area contributed by atoms with Gasteiger partial charge in [0.2, 0.25) is 0 Å². The summed E-state index contributed by atoms with van der Waals surface area (Å²) in [5.41, 5.74) is 0.688. The number of carbonyl (C=O) groups is 2. The van der Waals surface area contributed by atoms with Gasteiger partial charge in [0.05, 0.1) is 0 Å². The molecule has 114 valence electrons. The molecule has 0 radical (unpaired) electrons. The number of ether oxygens (including phenoxy) is 1. The minimum atomic E-state index is -1.05. The molecule has 0 unspecified atom stereocenters. The van der Waals surface area contributed by atoms with Crippen LogP contribution in [0.25, 0.3) is 0 Å². The van der Waals surface area contributed by atoms with Crippen molar-refractivity contribution in [2.45, 2.75) is 31.4 Å². The van der Waals surface area contributed by atoms with Gasteiger partial charge in [-0.05, 0) is 24.8 Å². The van der Waals surface area contributed by atoms with Crippen molar-refractivity contribution in [3.05, 3.63) is 48.6 Å². The Morgan fingerprint density at radius 1 is 1.38 bits per heavy atom. The number of carboxylic acid groups (broad SMARTS) is 1. The van der Waals surface area contributed by atoms with Gasteiger partial charge in [-0.1, -0.05) is 36.4 Å². The lowest BCUT2D eigenvalue weighted by Crippen LogP contribution is -2.43. The van der Waals surface area contributed by atoms with Gasteiger partial charge in [-0.15, -0.1) is 6.58 Å². The van der Waals surface area contributed by atoms with Gasteiger partial charge in [-0.2, -0.15) is 0 Å². The molecule has 0 heterocycles. The minimum absolute atomic E-state index is 0.359. The first-order valence-corrected chi connectivity index (χ1v) is 6.82. The lowest BCUT2D eigenvalue weighted by molar-refractivity contribution is -0.144. The van der Waals surface area contributed by atoms with Crippen LogP contribution in [0.1, 0.15) is 30.9 Å². The smallest absolute Gasteiger partial charge is 0.326 e. The second-order valence-corrected chi connectivity index (χ2v) is 4.65. The van der Waals surface area contributed by atoms with Crippen LogP contribution in [0.15, 0.2) is 43.0 Å². The van der Waals surface area contributed by atoms with E-state index in [1.54, 1.807) is 30.3 Å². The molecule has 0 fully saturated rings. The maximum absolute atomic E-state index is 12.2. The summed E-state index contributed by atoms with van der Waals surface area (Å²) in [6.45, 7) is 3.59. The van der Waals surface area contributed by atoms with Gasteiger partial charge in [0.1, 0.15) is 6.04 Å². The fourth-order valence-electron chi connectivity index (χ4n) is 1.99. The first kappa shape index (κ1) is 16.9. The van der Waals surface area contributed by atoms with Crippen LogP contribution in [0.5, 0.6) is 0 Å². The summed E-state index contributed by atoms with van der Waals surface area (Å²) in [7, 11) is 1.42. The van der Waals surface area contributed by atoms with E-state index in [2.05, 4.69) is 11.9 Å². The first-order valence-electron chi connectivity index (χ1n) is 6.82. The number of aliphatic carboxylic acids is 1. The standard InChI is InChI=1S/C16H21NO4/c1-3-4-6-11-13(16(19)20)17-15(18)14(21-2)12-9-7-5-8-10-12/h3,5,7-10,13-14H,1,4,6,11H2,2H3,(H,17,18)(H,19,20)/t13-,14+/m1/s1. The normalized spacial score (nSPS) is 13.2. The maximum Gasteiger partial charge on any atom is 0.326 e. The van der Waals surface area contributed by atoms with Crippen LogP contribution in [-0.4, -0.2) is 30.1 Å². The summed E-state index contributed by atoms with van der Waals surface area (Å²) < 4.78 is 5.18. The number of carboxylic acids is 1. The van der Waals surface area contributed by atoms with Crippen molar-refractivity contribution in [1.82, 2.24) is 5.32 Å². The van der Waals surface area contributed by atoms with Gasteiger partial charge >= 0.3 is 5.97 Å². The quantitative estimate of drug-likeness (QED) is 0.541. The number of benzene rings is 1. The molecule has 1 aromatic carbocycles. The van der Waals surface area contributed by atoms with Crippen molar-refractivity contribution in [3.63, 3.8) is 0 Å². The fraction of sp³-hybridized carbons (Fsp3) is 0.375. The van der Waals surface area contributed by atoms with Crippen LogP contribution in [0.3, 0.4) is 0 Å². The van der Waals surface area contributed by atoms with Crippen molar-refractivity contribution in [1.29, 1.82) is 0 Å². The first-order chi connectivity index (χ1) is 10.1. The van der Waals surface area contributed by atoms with E-state index in [9.17, 15) is 9.59 Å². The molecule has 0 aliphatic carbocycles. The Morgan fingerprint density at radius 2 is 2.05 bits per heavy atom. The number of carbonyl (C=O) groups excluding carboxylic acids is 1. The molecule has 2 N–H and O–H groups in total. The second-order valence-electron chi connectivity index (χ2n) is 4.65. The number of rotatable bonds is 9. The topological polar surface area (TPSA) is 75.6 Å². The summed E-state index contributed by atoms with van der Waals surface area (Å²) >= 11 is 0. The zero-order valence-corrected chi connectivity index (χ0v) is 12.1. The lowest BCUT2D eigenvalue weighted by Gasteiger charge is -2.19. The van der Waals surface area contributed by atoms with E-state index in [1.165, 1.54) is 7.11 Å². The second kappa shape index (κ2) is 8.92. The Bertz CT molecular complexity index is 472. The van der Waals surface area contributed by atoms with Crippen molar-refractivity contribution in [2.24, 2.45) is 0 Å². The molecule has 0 spiro atoms. The van der Waals surface area contributed by atoms with E-state index in [4.69, 9.17) is 9.84 Å². The molecule has 5 nitrogen and oxygen atoms in total. The molecule has 1 aromatic rings. The van der Waals surface area contributed by atoms with Gasteiger partial charge in [0.25, 0.3) is 5.91 Å². The number of hydrogen-bond donors (Lipinski definition) is 2. The van der Waals surface area contributed by atoms with Gasteiger partial charge in [-0.25, -0.2) is 4.79 Å². The number of allylic oxidation sites excluding steroid dienone is 1. The van der Waals surface area contributed by atoms with Crippen molar-refractivity contribution < 1.29 is 19.4 Å². The third-order valence-corrected chi connectivity index (χ3v) is 3.09. The Labute approximate surface area is 124 Å². The molecule has 1 rings (SSSR count). The monoisotopic (exact) mass is 291 g/mol. The molecule has 21 heavy (non-hydrogen) atoms. The van der Waals surface area contributed by atoms with Crippen molar-refractivity contribution in [3.8, 4) is 0 Å². The van der Waals surface area contributed by atoms with Crippen LogP contribution < -0.4 is 5.32 Å². The zero-order valence-electron chi connectivity index (χ0n) is 12.1. The molecule has 2 atom stereocenters. The highest BCUT2D eigenvalue weighted by Crippen LogP contribution is 2.17. The van der Waals surface area contributed by atoms with Crippen LogP contribution >= 0.6 is 0 Å². The molecule has 0 aromatic heterocycles. The molecule has 1 amide bonds. The molecule has 0 aliphatic heterocycles. The van der Waals surface area contributed by atoms with E-state index in [-0.39, 0.29) is 0 Å². The molecule has 0 saturated heterocycles. The molecule has 0 saturated carbocycles. The molecule has 5 heteroatoms. The third kappa shape index (κ3) is 5.39. The van der Waals surface area contributed by atoms with Crippen LogP contribution in [-0.2, 0) is 14.3 Å². The highest BCUT2D eigenvalue weighted by Gasteiger charge is 2.25. The minimum Gasteiger partial charge on any atom is -0.480 e. The Hall–Kier alpha value is -2.14. The number of nitrogens with one attached hydrogen (secondary N) is 1. The number of methoxy groups -OCH3 is 1. The number of hydrogen-bond acceptors (Lipinski definition) is 3. The Kier molecular flexibility index (Phi) is 7.18. The Balaban J connectivity index is 2.70. The summed E-state index contributed by atoms with van der Waals surface area (Å²) in [4.78, 5) is 23.4. The average molecular weight is 291 g/mol. The number of amides is 1. The van der Waals surface area contributed by atoms with Gasteiger partial charge in [0, 0.05) is 7.11 Å². The summed E-state index contributed by atoms with van der Waals surface area (Å²) in [6, 6.07) is 8.05. The van der Waals surface area contributed by atoms with E-state index in [0.29, 0.717) is 24.8 Å². The Morgan fingerprint density at radius 3 is 2.57 bits per heavy atom. The molecular weight excluding hydrogens is 270 g/mol. The third-order valence-electron chi connectivity index (χ3n) is 3.09. The van der Waals surface area contributed by atoms with Crippen molar-refractivity contribution >= 4 is 11.9 Å². The summed E-state index contributed by atoms with van der Waals surface area (Å²) in [5.74, 6) is -1.50. The van der Waals surface area contributed by atoms with E-state index >= 15 is 0 Å². The molecule has 0 bridgehead atoms. The predicted molar refractivity (Wildman–Crippen MR) is 79.8 cm³/mol. The lowest BCUT2D eigenvalue weighted by atomic mass is 10.1. The van der Waals surface area contributed by atoms with Gasteiger partial charge < -0.3 is 15.2 Å². The molecule has 0 aliphatic rings. The number of unbranched alkanes of at least 4 members (excludes halogenated alkanes) is 1. The average Bonchev–Trinajstić information content (AvgIpc) is 2.48. The predicted octanol–water partition coefficient (Wildman–Crippen LogP) is 2.30. The highest BCUT2D eigenvalue weighted by atomic mass is 16.5. The fourth-order valence-corrected chi connectivity index (χ4v) is 1.99. The molecular formula is C16H21NO4. The van der Waals surface area contributed by atoms with E-state index in [1.807, 2.05) is 6.07 Å².